The first-order valence-electron chi connectivity index (χ1n) is 9.12. The summed E-state index contributed by atoms with van der Waals surface area (Å²) in [7, 11) is 3.49. The minimum Gasteiger partial charge on any atom is -0.355 e. The van der Waals surface area contributed by atoms with Crippen LogP contribution in [0.4, 0.5) is 4.79 Å². The van der Waals surface area contributed by atoms with Gasteiger partial charge in [0.05, 0.1) is 11.6 Å². The fourth-order valence-electron chi connectivity index (χ4n) is 3.51. The predicted molar refractivity (Wildman–Crippen MR) is 97.5 cm³/mol. The molecule has 1 aromatic rings. The van der Waals surface area contributed by atoms with Gasteiger partial charge in [0.15, 0.2) is 0 Å². The monoisotopic (exact) mass is 349 g/mol. The zero-order chi connectivity index (χ0) is 18.6. The summed E-state index contributed by atoms with van der Waals surface area (Å²) in [6, 6.07) is -0.0178. The predicted octanol–water partition coefficient (Wildman–Crippen LogP) is 1.57. The first-order chi connectivity index (χ1) is 11.8. The third-order valence-electron chi connectivity index (χ3n) is 4.95. The van der Waals surface area contributed by atoms with Crippen LogP contribution in [0.2, 0.25) is 0 Å². The smallest absolute Gasteiger partial charge is 0.319 e. The van der Waals surface area contributed by atoms with E-state index in [1.807, 2.05) is 11.6 Å². The maximum absolute atomic E-state index is 12.5. The number of hydrogen-bond donors (Lipinski definition) is 1. The highest BCUT2D eigenvalue weighted by Crippen LogP contribution is 2.18. The highest BCUT2D eigenvalue weighted by atomic mass is 16.2. The second-order valence-corrected chi connectivity index (χ2v) is 6.97. The quantitative estimate of drug-likeness (QED) is 0.877. The minimum atomic E-state index is -0.113. The van der Waals surface area contributed by atoms with Crippen molar-refractivity contribution in [2.75, 3.05) is 33.7 Å². The van der Waals surface area contributed by atoms with Crippen molar-refractivity contribution in [1.82, 2.24) is 24.9 Å². The molecule has 0 unspecified atom stereocenters. The number of nitrogens with zero attached hydrogens (tertiary/aromatic N) is 4. The Balaban J connectivity index is 1.86. The van der Waals surface area contributed by atoms with Gasteiger partial charge in [-0.1, -0.05) is 0 Å². The van der Waals surface area contributed by atoms with E-state index in [9.17, 15) is 9.59 Å². The van der Waals surface area contributed by atoms with Gasteiger partial charge in [-0.05, 0) is 45.6 Å². The van der Waals surface area contributed by atoms with Gasteiger partial charge in [-0.15, -0.1) is 0 Å². The van der Waals surface area contributed by atoms with E-state index in [2.05, 4.69) is 24.3 Å². The van der Waals surface area contributed by atoms with E-state index in [1.54, 1.807) is 23.9 Å². The number of nitrogens with one attached hydrogen (secondary N) is 1. The number of rotatable bonds is 5. The molecule has 25 heavy (non-hydrogen) atoms. The molecule has 1 fully saturated rings. The molecule has 140 valence electrons. The van der Waals surface area contributed by atoms with E-state index in [0.29, 0.717) is 13.1 Å². The lowest BCUT2D eigenvalue weighted by Crippen LogP contribution is -2.48. The van der Waals surface area contributed by atoms with Gasteiger partial charge in [0.2, 0.25) is 5.91 Å². The van der Waals surface area contributed by atoms with Gasteiger partial charge >= 0.3 is 6.03 Å². The Morgan fingerprint density at radius 1 is 1.32 bits per heavy atom. The van der Waals surface area contributed by atoms with Crippen LogP contribution in [0.3, 0.4) is 0 Å². The second-order valence-electron chi connectivity index (χ2n) is 6.97. The number of carbonyl (C=O) groups excluding carboxylic acids is 2. The van der Waals surface area contributed by atoms with Crippen molar-refractivity contribution in [3.05, 3.63) is 17.0 Å². The van der Waals surface area contributed by atoms with E-state index in [0.717, 1.165) is 38.0 Å². The summed E-state index contributed by atoms with van der Waals surface area (Å²) in [5, 5.41) is 7.56. The third-order valence-corrected chi connectivity index (χ3v) is 4.95. The number of aromatic nitrogens is 2. The molecule has 7 nitrogen and oxygen atoms in total. The molecule has 3 amide bonds. The number of urea groups is 1. The lowest BCUT2D eigenvalue weighted by atomic mass is 9.97. The Morgan fingerprint density at radius 3 is 2.64 bits per heavy atom. The molecule has 0 aliphatic carbocycles. The van der Waals surface area contributed by atoms with Crippen molar-refractivity contribution in [1.29, 1.82) is 0 Å². The summed E-state index contributed by atoms with van der Waals surface area (Å²) >= 11 is 0. The summed E-state index contributed by atoms with van der Waals surface area (Å²) in [4.78, 5) is 27.9. The van der Waals surface area contributed by atoms with Crippen molar-refractivity contribution in [3.8, 4) is 0 Å². The second kappa shape index (κ2) is 8.36. The van der Waals surface area contributed by atoms with Crippen molar-refractivity contribution in [2.45, 2.75) is 46.6 Å². The molecule has 0 radical (unpaired) electrons. The summed E-state index contributed by atoms with van der Waals surface area (Å²) in [5.74, 6) is -0.0624. The van der Waals surface area contributed by atoms with Gasteiger partial charge in [-0.3, -0.25) is 9.48 Å². The zero-order valence-corrected chi connectivity index (χ0v) is 16.1. The van der Waals surface area contributed by atoms with Crippen LogP contribution in [0.25, 0.3) is 0 Å². The maximum atomic E-state index is 12.5. The lowest BCUT2D eigenvalue weighted by molar-refractivity contribution is -0.126. The molecular formula is C18H31N5O2. The van der Waals surface area contributed by atoms with Crippen LogP contribution in [-0.2, 0) is 17.8 Å². The fourth-order valence-corrected chi connectivity index (χ4v) is 3.51. The summed E-state index contributed by atoms with van der Waals surface area (Å²) in [6.07, 6.45) is 2.50. The van der Waals surface area contributed by atoms with Crippen molar-refractivity contribution in [2.24, 2.45) is 5.92 Å². The van der Waals surface area contributed by atoms with Crippen molar-refractivity contribution < 1.29 is 9.59 Å². The van der Waals surface area contributed by atoms with E-state index in [1.165, 1.54) is 11.3 Å². The molecule has 0 saturated carbocycles. The lowest BCUT2D eigenvalue weighted by Gasteiger charge is -2.33. The average Bonchev–Trinajstić information content (AvgIpc) is 2.88. The number of hydrogen-bond acceptors (Lipinski definition) is 3. The number of likely N-dealkylation sites (tertiary alicyclic amines) is 1. The summed E-state index contributed by atoms with van der Waals surface area (Å²) in [6.45, 7) is 8.87. The SMILES string of the molecule is CCn1nc(C)c(CCNC(=O)[C@H]2CCCN(C(=O)N(C)C)C2)c1C. The van der Waals surface area contributed by atoms with E-state index >= 15 is 0 Å². The van der Waals surface area contributed by atoms with Gasteiger partial charge in [0.25, 0.3) is 0 Å². The number of carbonyl (C=O) groups is 2. The third kappa shape index (κ3) is 4.52. The minimum absolute atomic E-state index is 0.0178. The zero-order valence-electron chi connectivity index (χ0n) is 16.1. The molecular weight excluding hydrogens is 318 g/mol. The highest BCUT2D eigenvalue weighted by Gasteiger charge is 2.28. The van der Waals surface area contributed by atoms with Crippen LogP contribution in [0.15, 0.2) is 0 Å². The van der Waals surface area contributed by atoms with Crippen LogP contribution >= 0.6 is 0 Å². The van der Waals surface area contributed by atoms with Gasteiger partial charge in [-0.2, -0.15) is 5.10 Å². The molecule has 7 heteroatoms. The van der Waals surface area contributed by atoms with E-state index in [4.69, 9.17) is 0 Å². The Morgan fingerprint density at radius 2 is 2.04 bits per heavy atom. The number of piperidine rings is 1. The maximum Gasteiger partial charge on any atom is 0.319 e. The van der Waals surface area contributed by atoms with Crippen LogP contribution in [0, 0.1) is 19.8 Å². The number of amides is 3. The van der Waals surface area contributed by atoms with E-state index in [-0.39, 0.29) is 17.9 Å². The molecule has 2 rings (SSSR count). The summed E-state index contributed by atoms with van der Waals surface area (Å²) < 4.78 is 2.00. The normalized spacial score (nSPS) is 17.5. The largest absolute Gasteiger partial charge is 0.355 e. The number of aryl methyl sites for hydroxylation is 2. The Labute approximate surface area is 150 Å². The van der Waals surface area contributed by atoms with Crippen molar-refractivity contribution in [3.63, 3.8) is 0 Å². The van der Waals surface area contributed by atoms with E-state index < -0.39 is 0 Å². The topological polar surface area (TPSA) is 70.5 Å². The van der Waals surface area contributed by atoms with Gasteiger partial charge in [0, 0.05) is 46.0 Å². The fraction of sp³-hybridized carbons (Fsp3) is 0.722. The average molecular weight is 349 g/mol. The van der Waals surface area contributed by atoms with Crippen LogP contribution < -0.4 is 5.32 Å². The molecule has 1 aliphatic rings. The van der Waals surface area contributed by atoms with Crippen LogP contribution in [0.5, 0.6) is 0 Å². The van der Waals surface area contributed by atoms with Crippen LogP contribution in [-0.4, -0.2) is 65.2 Å². The molecule has 2 heterocycles. The Bertz CT molecular complexity index is 623. The van der Waals surface area contributed by atoms with Crippen LogP contribution in [0.1, 0.15) is 36.7 Å². The van der Waals surface area contributed by atoms with Gasteiger partial charge < -0.3 is 15.1 Å². The molecule has 1 N–H and O–H groups in total. The molecule has 1 atom stereocenters. The molecule has 0 bridgehead atoms. The molecule has 0 aromatic carbocycles. The first-order valence-corrected chi connectivity index (χ1v) is 9.12. The molecule has 1 aliphatic heterocycles. The van der Waals surface area contributed by atoms with Gasteiger partial charge in [0.1, 0.15) is 0 Å². The van der Waals surface area contributed by atoms with Crippen molar-refractivity contribution >= 4 is 11.9 Å². The highest BCUT2D eigenvalue weighted by molar-refractivity contribution is 5.80. The first kappa shape index (κ1) is 19.3. The molecule has 0 spiro atoms. The molecule has 1 aromatic heterocycles. The standard InChI is InChI=1S/C18H31N5O2/c1-6-23-14(3)16(13(2)20-23)9-10-19-17(24)15-8-7-11-22(12-15)18(25)21(4)5/h15H,6-12H2,1-5H3,(H,19,24)/t15-/m0/s1. The summed E-state index contributed by atoms with van der Waals surface area (Å²) in [5.41, 5.74) is 3.43. The Kier molecular flexibility index (Phi) is 6.45. The van der Waals surface area contributed by atoms with Gasteiger partial charge in [-0.25, -0.2) is 4.79 Å². The molecule has 1 saturated heterocycles. The Hall–Kier alpha value is -2.05.